The molecule has 10 aliphatic rings. The molecule has 5 aliphatic heterocycles. The smallest absolute Gasteiger partial charge is 0.258 e. The largest absolute Gasteiger partial charge is 0.335 e. The lowest BCUT2D eigenvalue weighted by Gasteiger charge is -2.22. The van der Waals surface area contributed by atoms with E-state index in [4.69, 9.17) is 23.2 Å². The normalized spacial score (nSPS) is 42.3. The second-order valence-electron chi connectivity index (χ2n) is 17.2. The summed E-state index contributed by atoms with van der Waals surface area (Å²) < 4.78 is 24.5. The van der Waals surface area contributed by atoms with Crippen LogP contribution in [0.4, 0.5) is 8.78 Å². The Morgan fingerprint density at radius 3 is 1.33 bits per heavy atom. The maximum absolute atomic E-state index is 12.7. The molecule has 5 heterocycles. The van der Waals surface area contributed by atoms with Gasteiger partial charge < -0.3 is 48.5 Å². The minimum atomic E-state index is -2.72. The van der Waals surface area contributed by atoms with E-state index in [-0.39, 0.29) is 51.1 Å². The summed E-state index contributed by atoms with van der Waals surface area (Å²) in [5.41, 5.74) is 0.283. The Bertz CT molecular complexity index is 1520. The molecule has 10 fully saturated rings. The van der Waals surface area contributed by atoms with Gasteiger partial charge in [-0.1, -0.05) is 45.7 Å². The fourth-order valence-corrected chi connectivity index (χ4v) is 12.9. The van der Waals surface area contributed by atoms with Crippen LogP contribution in [-0.2, 0) is 47.9 Å². The van der Waals surface area contributed by atoms with Crippen LogP contribution in [0.25, 0.3) is 0 Å². The quantitative estimate of drug-likeness (QED) is 0.227. The summed E-state index contributed by atoms with van der Waals surface area (Å²) in [6.45, 7) is 7.10. The molecular weight excluding hydrogens is 943 g/mol. The summed E-state index contributed by atoms with van der Waals surface area (Å²) in [4.78, 5) is 112. The van der Waals surface area contributed by atoms with E-state index in [1.807, 2.05) is 0 Å². The molecular formula is C37H43Br2Cl2F2N5O10. The fourth-order valence-electron chi connectivity index (χ4n) is 10.3. The van der Waals surface area contributed by atoms with Crippen molar-refractivity contribution in [3.8, 4) is 0 Å². The summed E-state index contributed by atoms with van der Waals surface area (Å²) in [7, 11) is 0. The van der Waals surface area contributed by atoms with Crippen molar-refractivity contribution in [3.05, 3.63) is 0 Å². The number of likely N-dealkylation sites (tertiary alicyclic amines) is 5. The van der Waals surface area contributed by atoms with Crippen LogP contribution in [0.5, 0.6) is 0 Å². The van der Waals surface area contributed by atoms with Gasteiger partial charge in [-0.3, -0.25) is 24.0 Å². The lowest BCUT2D eigenvalue weighted by atomic mass is 10.0. The number of piperidine rings is 5. The number of hydrogen-bond acceptors (Lipinski definition) is 10. The molecule has 15 atom stereocenters. The predicted molar refractivity (Wildman–Crippen MR) is 206 cm³/mol. The van der Waals surface area contributed by atoms with E-state index in [0.717, 1.165) is 68.8 Å². The molecule has 15 nitrogen and oxygen atoms in total. The van der Waals surface area contributed by atoms with Gasteiger partial charge in [0.2, 0.25) is 32.1 Å². The first-order valence-corrected chi connectivity index (χ1v) is 21.2. The van der Waals surface area contributed by atoms with Gasteiger partial charge in [-0.05, 0) is 35.5 Å². The summed E-state index contributed by atoms with van der Waals surface area (Å²) in [5.74, 6) is -1.63. The number of rotatable bonds is 10. The van der Waals surface area contributed by atoms with Gasteiger partial charge in [0.25, 0.3) is 5.92 Å². The number of nitrogens with zero attached hydrogens (tertiary/aromatic N) is 5. The van der Waals surface area contributed by atoms with Gasteiger partial charge in [0.1, 0.15) is 35.8 Å². The monoisotopic (exact) mass is 983 g/mol. The van der Waals surface area contributed by atoms with E-state index >= 15 is 0 Å². The molecule has 5 saturated carbocycles. The van der Waals surface area contributed by atoms with Gasteiger partial charge in [0.05, 0.1) is 45.3 Å². The van der Waals surface area contributed by atoms with Crippen molar-refractivity contribution in [2.45, 2.75) is 64.0 Å². The first-order valence-electron chi connectivity index (χ1n) is 18.8. The average molecular weight is 986 g/mol. The molecule has 0 radical (unpaired) electrons. The number of fused-ring (bicyclic) bond motifs is 5. The first kappa shape index (κ1) is 44.6. The molecule has 10 rings (SSSR count). The molecule has 5 saturated heterocycles. The number of halogens is 6. The molecule has 5 amide bonds. The fraction of sp³-hybridized carbons (Fsp3) is 0.730. The molecule has 58 heavy (non-hydrogen) atoms. The topological polar surface area (TPSA) is 187 Å². The number of hydrogen-bond donors (Lipinski definition) is 0. The van der Waals surface area contributed by atoms with Crippen LogP contribution in [0.3, 0.4) is 0 Å². The summed E-state index contributed by atoms with van der Waals surface area (Å²) in [5, 5.41) is 0. The maximum atomic E-state index is 12.7. The van der Waals surface area contributed by atoms with E-state index in [1.165, 1.54) is 4.90 Å². The van der Waals surface area contributed by atoms with Gasteiger partial charge in [0, 0.05) is 56.4 Å². The van der Waals surface area contributed by atoms with Crippen molar-refractivity contribution in [2.24, 2.45) is 64.6 Å². The van der Waals surface area contributed by atoms with Crippen molar-refractivity contribution >= 4 is 119 Å². The molecule has 21 heteroatoms. The Labute approximate surface area is 359 Å². The van der Waals surface area contributed by atoms with Crippen LogP contribution in [0, 0.1) is 64.6 Å². The molecule has 5 aliphatic carbocycles. The van der Waals surface area contributed by atoms with E-state index in [1.54, 1.807) is 14.7 Å². The van der Waals surface area contributed by atoms with E-state index in [0.29, 0.717) is 61.8 Å². The zero-order valence-electron chi connectivity index (χ0n) is 31.3. The van der Waals surface area contributed by atoms with E-state index in [9.17, 15) is 56.7 Å². The summed E-state index contributed by atoms with van der Waals surface area (Å²) in [6, 6.07) is -1.80. The predicted octanol–water partition coefficient (Wildman–Crippen LogP) is 1.07. The molecule has 0 N–H and O–H groups in total. The minimum absolute atomic E-state index is 0.0184. The lowest BCUT2D eigenvalue weighted by molar-refractivity contribution is -0.126. The van der Waals surface area contributed by atoms with Crippen LogP contribution >= 0.6 is 55.1 Å². The van der Waals surface area contributed by atoms with Gasteiger partial charge in [-0.25, -0.2) is 8.78 Å². The number of amides is 5. The Morgan fingerprint density at radius 2 is 0.879 bits per heavy atom. The number of aldehydes is 5. The van der Waals surface area contributed by atoms with Gasteiger partial charge in [-0.2, -0.15) is 0 Å². The number of alkyl halides is 6. The van der Waals surface area contributed by atoms with Gasteiger partial charge in [-0.15, -0.1) is 23.2 Å². The van der Waals surface area contributed by atoms with Crippen LogP contribution in [0.1, 0.15) is 20.3 Å². The minimum Gasteiger partial charge on any atom is -0.335 e. The molecule has 0 unspecified atom stereocenters. The lowest BCUT2D eigenvalue weighted by Crippen LogP contribution is -2.36. The maximum Gasteiger partial charge on any atom is 0.258 e. The molecule has 0 bridgehead atoms. The molecule has 0 aromatic rings. The zero-order valence-corrected chi connectivity index (χ0v) is 35.9. The number of carbonyl (C=O) groups excluding carboxylic acids is 10. The second kappa shape index (κ2) is 16.2. The highest BCUT2D eigenvalue weighted by Gasteiger charge is 2.76. The molecule has 0 spiro atoms. The van der Waals surface area contributed by atoms with E-state index in [2.05, 4.69) is 45.7 Å². The van der Waals surface area contributed by atoms with Crippen molar-refractivity contribution in [2.75, 3.05) is 32.7 Å². The van der Waals surface area contributed by atoms with Crippen molar-refractivity contribution < 1.29 is 56.7 Å². The highest BCUT2D eigenvalue weighted by molar-refractivity contribution is 9.25. The van der Waals surface area contributed by atoms with E-state index < -0.39 is 34.2 Å². The molecule has 0 aromatic heterocycles. The molecule has 318 valence electrons. The van der Waals surface area contributed by atoms with Gasteiger partial charge in [0.15, 0.2) is 0 Å². The highest BCUT2D eigenvalue weighted by atomic mass is 79.9. The third-order valence-corrected chi connectivity index (χ3v) is 17.5. The third kappa shape index (κ3) is 7.45. The first-order chi connectivity index (χ1) is 27.4. The standard InChI is InChI=1S/C9H13NO2.C7H7Br2NO2.C7H7Cl2NO2.C7H7F2NO2.C7H9NO2/c1-9(2)6-3-10(5-12)7(4-11)8(6)9;3*8-7(9)4-1-10(3-12)5(2-11)6(4)7;9-3-7-6-1-5(6)2-8(7)4-10/h4-8H,3H2,1-2H3;3*2-6H,1H2;3-7H,1-2H2/t6-,7+,8-;3*4-,5+,6-;5-,6-,7+/m00000/s1. The zero-order chi connectivity index (χ0) is 42.9. The highest BCUT2D eigenvalue weighted by Crippen LogP contribution is 2.67. The summed E-state index contributed by atoms with van der Waals surface area (Å²) in [6.07, 6.45) is 8.44. The van der Waals surface area contributed by atoms with Crippen LogP contribution < -0.4 is 0 Å². The Hall–Kier alpha value is -2.90. The Balaban J connectivity index is 0.000000122. The summed E-state index contributed by atoms with van der Waals surface area (Å²) >= 11 is 18.7. The van der Waals surface area contributed by atoms with Crippen molar-refractivity contribution in [1.29, 1.82) is 0 Å². The van der Waals surface area contributed by atoms with Crippen LogP contribution in [0.2, 0.25) is 0 Å². The third-order valence-electron chi connectivity index (χ3n) is 14.2. The average Bonchev–Trinajstić information content (AvgIpc) is 4.06. The SMILES string of the molecule is CC1(C)[C@@H]2[C@@H](C=O)N(C=O)C[C@@H]21.O=C[C@@H]1[C@@H]2[C@H](CN1C=O)C2(Br)Br.O=C[C@@H]1[C@@H]2[C@H](CN1C=O)C2(Cl)Cl.O=C[C@@H]1[C@@H]2[C@H](CN1C=O)C2(F)F.O=C[C@@H]1[C@H]2C[C@H]2CN1C=O. The van der Waals surface area contributed by atoms with Gasteiger partial charge >= 0.3 is 0 Å². The number of carbonyl (C=O) groups is 10. The Morgan fingerprint density at radius 1 is 0.500 bits per heavy atom. The van der Waals surface area contributed by atoms with Crippen molar-refractivity contribution in [3.63, 3.8) is 0 Å². The second-order valence-corrected chi connectivity index (χ2v) is 22.3. The van der Waals surface area contributed by atoms with Crippen molar-refractivity contribution in [1.82, 2.24) is 24.5 Å². The molecule has 0 aromatic carbocycles. The van der Waals surface area contributed by atoms with Crippen LogP contribution in [-0.4, -0.2) is 164 Å². The Kier molecular flexibility index (Phi) is 12.5. The van der Waals surface area contributed by atoms with Crippen LogP contribution in [0.15, 0.2) is 0 Å².